The molecule has 112 valence electrons. The number of hydrogen-bond donors (Lipinski definition) is 2. The van der Waals surface area contributed by atoms with Crippen LogP contribution < -0.4 is 5.32 Å². The van der Waals surface area contributed by atoms with Crippen LogP contribution in [0.5, 0.6) is 0 Å². The maximum atomic E-state index is 11.5. The minimum atomic E-state index is -0.272. The van der Waals surface area contributed by atoms with E-state index >= 15 is 0 Å². The van der Waals surface area contributed by atoms with E-state index in [-0.39, 0.29) is 24.2 Å². The van der Waals surface area contributed by atoms with Crippen LogP contribution in [0.15, 0.2) is 0 Å². The van der Waals surface area contributed by atoms with Crippen LogP contribution in [0.4, 0.5) is 0 Å². The minimum absolute atomic E-state index is 0.0519. The number of aliphatic hydroxyl groups is 1. The SMILES string of the molecule is CC(C)(C)OCC(=O)NCCCN1CCC(O)CC1. The van der Waals surface area contributed by atoms with Gasteiger partial charge in [0.2, 0.25) is 5.91 Å². The average molecular weight is 272 g/mol. The molecule has 1 rings (SSSR count). The number of piperidine rings is 1. The van der Waals surface area contributed by atoms with Crippen LogP contribution in [0.2, 0.25) is 0 Å². The molecule has 5 nitrogen and oxygen atoms in total. The van der Waals surface area contributed by atoms with E-state index in [0.29, 0.717) is 6.54 Å². The zero-order valence-corrected chi connectivity index (χ0v) is 12.4. The van der Waals surface area contributed by atoms with Gasteiger partial charge in [0.25, 0.3) is 0 Å². The Labute approximate surface area is 116 Å². The molecule has 0 aliphatic carbocycles. The summed E-state index contributed by atoms with van der Waals surface area (Å²) in [6.45, 7) is 9.52. The van der Waals surface area contributed by atoms with Crippen molar-refractivity contribution in [2.75, 3.05) is 32.8 Å². The number of aliphatic hydroxyl groups excluding tert-OH is 1. The lowest BCUT2D eigenvalue weighted by Gasteiger charge is -2.29. The van der Waals surface area contributed by atoms with Crippen LogP contribution in [0.25, 0.3) is 0 Å². The van der Waals surface area contributed by atoms with E-state index in [4.69, 9.17) is 4.74 Å². The maximum Gasteiger partial charge on any atom is 0.246 e. The van der Waals surface area contributed by atoms with Crippen molar-refractivity contribution in [2.24, 2.45) is 0 Å². The Hall–Kier alpha value is -0.650. The summed E-state index contributed by atoms with van der Waals surface area (Å²) in [5.74, 6) is -0.0519. The predicted octanol–water partition coefficient (Wildman–Crippen LogP) is 0.765. The lowest BCUT2D eigenvalue weighted by Crippen LogP contribution is -2.38. The summed E-state index contributed by atoms with van der Waals surface area (Å²) in [6.07, 6.45) is 2.56. The summed E-state index contributed by atoms with van der Waals surface area (Å²) >= 11 is 0. The van der Waals surface area contributed by atoms with Crippen molar-refractivity contribution in [3.05, 3.63) is 0 Å². The second-order valence-electron chi connectivity index (χ2n) is 6.18. The predicted molar refractivity (Wildman–Crippen MR) is 75.0 cm³/mol. The van der Waals surface area contributed by atoms with Crippen molar-refractivity contribution >= 4 is 5.91 Å². The smallest absolute Gasteiger partial charge is 0.246 e. The van der Waals surface area contributed by atoms with Crippen LogP contribution in [0.1, 0.15) is 40.0 Å². The van der Waals surface area contributed by atoms with Crippen LogP contribution in [0, 0.1) is 0 Å². The second-order valence-corrected chi connectivity index (χ2v) is 6.18. The summed E-state index contributed by atoms with van der Waals surface area (Å²) in [6, 6.07) is 0. The molecule has 0 aromatic carbocycles. The number of carbonyl (C=O) groups is 1. The Morgan fingerprint density at radius 2 is 2.00 bits per heavy atom. The molecule has 19 heavy (non-hydrogen) atoms. The number of nitrogens with one attached hydrogen (secondary N) is 1. The van der Waals surface area contributed by atoms with Gasteiger partial charge in [-0.05, 0) is 46.6 Å². The molecule has 0 saturated carbocycles. The van der Waals surface area contributed by atoms with Gasteiger partial charge in [-0.1, -0.05) is 0 Å². The van der Waals surface area contributed by atoms with Crippen LogP contribution in [0.3, 0.4) is 0 Å². The fourth-order valence-electron chi connectivity index (χ4n) is 2.01. The van der Waals surface area contributed by atoms with E-state index in [9.17, 15) is 9.90 Å². The molecule has 1 fully saturated rings. The molecule has 0 aromatic rings. The first kappa shape index (κ1) is 16.4. The molecular formula is C14H28N2O3. The average Bonchev–Trinajstić information content (AvgIpc) is 2.33. The van der Waals surface area contributed by atoms with Gasteiger partial charge in [-0.3, -0.25) is 4.79 Å². The van der Waals surface area contributed by atoms with E-state index in [1.807, 2.05) is 20.8 Å². The standard InChI is InChI=1S/C14H28N2O3/c1-14(2,3)19-11-13(18)15-7-4-8-16-9-5-12(17)6-10-16/h12,17H,4-11H2,1-3H3,(H,15,18). The molecule has 0 spiro atoms. The molecule has 1 amide bonds. The molecule has 0 radical (unpaired) electrons. The second kappa shape index (κ2) is 7.82. The Balaban J connectivity index is 2.00. The summed E-state index contributed by atoms with van der Waals surface area (Å²) in [4.78, 5) is 13.8. The quantitative estimate of drug-likeness (QED) is 0.701. The van der Waals surface area contributed by atoms with Crippen LogP contribution >= 0.6 is 0 Å². The van der Waals surface area contributed by atoms with Gasteiger partial charge in [0, 0.05) is 19.6 Å². The maximum absolute atomic E-state index is 11.5. The zero-order chi connectivity index (χ0) is 14.3. The Morgan fingerprint density at radius 1 is 1.37 bits per heavy atom. The third-order valence-electron chi connectivity index (χ3n) is 3.17. The zero-order valence-electron chi connectivity index (χ0n) is 12.4. The van der Waals surface area contributed by atoms with E-state index in [1.165, 1.54) is 0 Å². The summed E-state index contributed by atoms with van der Waals surface area (Å²) < 4.78 is 5.40. The molecule has 0 bridgehead atoms. The van der Waals surface area contributed by atoms with Gasteiger partial charge >= 0.3 is 0 Å². The molecule has 0 atom stereocenters. The molecule has 1 aliphatic rings. The molecule has 1 heterocycles. The van der Waals surface area contributed by atoms with Crippen molar-refractivity contribution in [3.8, 4) is 0 Å². The van der Waals surface area contributed by atoms with Crippen LogP contribution in [-0.2, 0) is 9.53 Å². The van der Waals surface area contributed by atoms with Crippen molar-refractivity contribution < 1.29 is 14.6 Å². The summed E-state index contributed by atoms with van der Waals surface area (Å²) in [5.41, 5.74) is -0.272. The third-order valence-corrected chi connectivity index (χ3v) is 3.17. The highest BCUT2D eigenvalue weighted by atomic mass is 16.5. The molecule has 1 saturated heterocycles. The largest absolute Gasteiger partial charge is 0.393 e. The number of rotatable bonds is 6. The van der Waals surface area contributed by atoms with E-state index < -0.39 is 0 Å². The third kappa shape index (κ3) is 8.18. The van der Waals surface area contributed by atoms with Gasteiger partial charge in [-0.25, -0.2) is 0 Å². The van der Waals surface area contributed by atoms with Crippen molar-refractivity contribution in [3.63, 3.8) is 0 Å². The molecule has 0 unspecified atom stereocenters. The summed E-state index contributed by atoms with van der Waals surface area (Å²) in [5, 5.41) is 12.3. The fraction of sp³-hybridized carbons (Fsp3) is 0.929. The van der Waals surface area contributed by atoms with Gasteiger partial charge in [-0.15, -0.1) is 0 Å². The van der Waals surface area contributed by atoms with Gasteiger partial charge in [-0.2, -0.15) is 0 Å². The Morgan fingerprint density at radius 3 is 2.58 bits per heavy atom. The monoisotopic (exact) mass is 272 g/mol. The minimum Gasteiger partial charge on any atom is -0.393 e. The summed E-state index contributed by atoms with van der Waals surface area (Å²) in [7, 11) is 0. The number of carbonyl (C=O) groups excluding carboxylic acids is 1. The number of likely N-dealkylation sites (tertiary alicyclic amines) is 1. The number of nitrogens with zero attached hydrogens (tertiary/aromatic N) is 1. The van der Waals surface area contributed by atoms with E-state index in [2.05, 4.69) is 10.2 Å². The molecule has 2 N–H and O–H groups in total. The normalized spacial score (nSPS) is 18.5. The van der Waals surface area contributed by atoms with E-state index in [0.717, 1.165) is 38.9 Å². The molecule has 1 aliphatic heterocycles. The molecule has 0 aromatic heterocycles. The van der Waals surface area contributed by atoms with Gasteiger partial charge in [0.05, 0.1) is 11.7 Å². The Bertz CT molecular complexity index is 268. The van der Waals surface area contributed by atoms with Crippen molar-refractivity contribution in [1.82, 2.24) is 10.2 Å². The van der Waals surface area contributed by atoms with Crippen LogP contribution in [-0.4, -0.2) is 60.4 Å². The topological polar surface area (TPSA) is 61.8 Å². The highest BCUT2D eigenvalue weighted by Gasteiger charge is 2.16. The van der Waals surface area contributed by atoms with Crippen molar-refractivity contribution in [2.45, 2.75) is 51.7 Å². The lowest BCUT2D eigenvalue weighted by molar-refractivity contribution is -0.130. The number of hydrogen-bond acceptors (Lipinski definition) is 4. The first-order valence-electron chi connectivity index (χ1n) is 7.18. The first-order chi connectivity index (χ1) is 8.87. The number of ether oxygens (including phenoxy) is 1. The van der Waals surface area contributed by atoms with Gasteiger partial charge in [0.1, 0.15) is 6.61 Å². The highest BCUT2D eigenvalue weighted by Crippen LogP contribution is 2.09. The van der Waals surface area contributed by atoms with E-state index in [1.54, 1.807) is 0 Å². The highest BCUT2D eigenvalue weighted by molar-refractivity contribution is 5.77. The van der Waals surface area contributed by atoms with Gasteiger partial charge in [0.15, 0.2) is 0 Å². The van der Waals surface area contributed by atoms with Gasteiger partial charge < -0.3 is 20.1 Å². The molecule has 5 heteroatoms. The first-order valence-corrected chi connectivity index (χ1v) is 7.18. The number of amides is 1. The lowest BCUT2D eigenvalue weighted by atomic mass is 10.1. The fourth-order valence-corrected chi connectivity index (χ4v) is 2.01. The Kier molecular flexibility index (Phi) is 6.75. The molecular weight excluding hydrogens is 244 g/mol. The van der Waals surface area contributed by atoms with Crippen molar-refractivity contribution in [1.29, 1.82) is 0 Å².